The molecule has 0 saturated heterocycles. The van der Waals surface area contributed by atoms with Crippen LogP contribution in [0.5, 0.6) is 0 Å². The van der Waals surface area contributed by atoms with E-state index in [-0.39, 0.29) is 49.3 Å². The number of methoxy groups -OCH3 is 1. The van der Waals surface area contributed by atoms with E-state index < -0.39 is 0 Å². The van der Waals surface area contributed by atoms with Gasteiger partial charge in [0.05, 0.1) is 30.3 Å². The third-order valence-corrected chi connectivity index (χ3v) is 5.48. The van der Waals surface area contributed by atoms with Gasteiger partial charge in [-0.25, -0.2) is 4.39 Å². The summed E-state index contributed by atoms with van der Waals surface area (Å²) in [7, 11) is 1.43. The highest BCUT2D eigenvalue weighted by atomic mass is 19.1. The van der Waals surface area contributed by atoms with Crippen molar-refractivity contribution >= 4 is 22.8 Å². The van der Waals surface area contributed by atoms with Crippen LogP contribution in [0.1, 0.15) is 30.9 Å². The largest absolute Gasteiger partial charge is 0.464 e. The molecule has 7 nitrogen and oxygen atoms in total. The van der Waals surface area contributed by atoms with E-state index in [0.717, 1.165) is 12.8 Å². The molecule has 0 bridgehead atoms. The van der Waals surface area contributed by atoms with Gasteiger partial charge in [0.1, 0.15) is 18.0 Å². The fraction of sp³-hybridized carbons (Fsp3) is 0.346. The molecule has 180 valence electrons. The van der Waals surface area contributed by atoms with E-state index in [9.17, 15) is 18.8 Å². The Morgan fingerprint density at radius 3 is 2.44 bits per heavy atom. The zero-order valence-corrected chi connectivity index (χ0v) is 19.5. The van der Waals surface area contributed by atoms with Crippen molar-refractivity contribution in [3.8, 4) is 0 Å². The van der Waals surface area contributed by atoms with E-state index in [1.54, 1.807) is 36.4 Å². The second-order valence-electron chi connectivity index (χ2n) is 8.06. The van der Waals surface area contributed by atoms with Crippen molar-refractivity contribution in [3.05, 3.63) is 82.0 Å². The van der Waals surface area contributed by atoms with E-state index in [2.05, 4.69) is 0 Å². The maximum Gasteiger partial charge on any atom is 0.249 e. The Morgan fingerprint density at radius 2 is 1.74 bits per heavy atom. The second kappa shape index (κ2) is 12.1. The molecule has 0 aliphatic heterocycles. The number of para-hydroxylation sites is 1. The summed E-state index contributed by atoms with van der Waals surface area (Å²) in [6.45, 7) is 2.29. The van der Waals surface area contributed by atoms with Gasteiger partial charge in [-0.05, 0) is 36.2 Å². The molecule has 0 N–H and O–H groups in total. The van der Waals surface area contributed by atoms with Gasteiger partial charge < -0.3 is 19.0 Å². The fourth-order valence-corrected chi connectivity index (χ4v) is 3.59. The molecule has 0 aliphatic carbocycles. The predicted molar refractivity (Wildman–Crippen MR) is 127 cm³/mol. The molecule has 2 amide bonds. The third kappa shape index (κ3) is 6.51. The van der Waals surface area contributed by atoms with Crippen LogP contribution >= 0.6 is 0 Å². The first kappa shape index (κ1) is 25.1. The number of hydrogen-bond donors (Lipinski definition) is 0. The standard InChI is InChI=1S/C26H29FN2O5/c1-3-4-13-28(25(31)18-33-2)16-24(30)29(14-19-9-11-21(27)12-10-19)15-20-17-34-23-8-6-5-7-22(23)26(20)32/h5-12,17H,3-4,13-16,18H2,1-2H3. The third-order valence-electron chi connectivity index (χ3n) is 5.48. The van der Waals surface area contributed by atoms with Crippen LogP contribution in [-0.4, -0.2) is 48.4 Å². The molecule has 8 heteroatoms. The van der Waals surface area contributed by atoms with Crippen molar-refractivity contribution in [2.75, 3.05) is 26.8 Å². The number of carbonyl (C=O) groups is 2. The Labute approximate surface area is 197 Å². The van der Waals surface area contributed by atoms with Gasteiger partial charge >= 0.3 is 0 Å². The summed E-state index contributed by atoms with van der Waals surface area (Å²) in [4.78, 5) is 41.8. The molecule has 0 spiro atoms. The van der Waals surface area contributed by atoms with Crippen molar-refractivity contribution in [1.82, 2.24) is 9.80 Å². The van der Waals surface area contributed by atoms with Gasteiger partial charge in [0.15, 0.2) is 5.43 Å². The highest BCUT2D eigenvalue weighted by Crippen LogP contribution is 2.15. The van der Waals surface area contributed by atoms with Gasteiger partial charge in [0, 0.05) is 20.2 Å². The molecule has 34 heavy (non-hydrogen) atoms. The van der Waals surface area contributed by atoms with Crippen molar-refractivity contribution in [3.63, 3.8) is 0 Å². The number of hydrogen-bond acceptors (Lipinski definition) is 5. The SMILES string of the molecule is CCCCN(CC(=O)N(Cc1ccc(F)cc1)Cc1coc2ccccc2c1=O)C(=O)COC. The first-order valence-corrected chi connectivity index (χ1v) is 11.2. The fourth-order valence-electron chi connectivity index (χ4n) is 3.59. The molecular formula is C26H29FN2O5. The Kier molecular flexibility index (Phi) is 8.93. The number of ether oxygens (including phenoxy) is 1. The molecule has 0 unspecified atom stereocenters. The van der Waals surface area contributed by atoms with Crippen LogP contribution in [0.4, 0.5) is 4.39 Å². The van der Waals surface area contributed by atoms with Gasteiger partial charge in [-0.15, -0.1) is 0 Å². The Hall–Kier alpha value is -3.52. The van der Waals surface area contributed by atoms with Crippen LogP contribution in [0.3, 0.4) is 0 Å². The number of carbonyl (C=O) groups excluding carboxylic acids is 2. The van der Waals surface area contributed by atoms with Gasteiger partial charge in [-0.2, -0.15) is 0 Å². The molecule has 0 atom stereocenters. The van der Waals surface area contributed by atoms with Crippen LogP contribution in [0.25, 0.3) is 11.0 Å². The molecule has 3 rings (SSSR count). The highest BCUT2D eigenvalue weighted by Gasteiger charge is 2.23. The molecule has 1 heterocycles. The zero-order valence-electron chi connectivity index (χ0n) is 19.5. The minimum Gasteiger partial charge on any atom is -0.464 e. The lowest BCUT2D eigenvalue weighted by Crippen LogP contribution is -2.44. The number of benzene rings is 2. The topological polar surface area (TPSA) is 80.1 Å². The average molecular weight is 469 g/mol. The Bertz CT molecular complexity index is 1180. The molecule has 0 saturated carbocycles. The van der Waals surface area contributed by atoms with Gasteiger partial charge in [0.2, 0.25) is 11.8 Å². The molecule has 3 aromatic rings. The molecule has 0 aliphatic rings. The van der Waals surface area contributed by atoms with Gasteiger partial charge in [-0.1, -0.05) is 37.6 Å². The second-order valence-corrected chi connectivity index (χ2v) is 8.06. The number of rotatable bonds is 11. The van der Waals surface area contributed by atoms with Crippen molar-refractivity contribution in [1.29, 1.82) is 0 Å². The van der Waals surface area contributed by atoms with Gasteiger partial charge in [-0.3, -0.25) is 14.4 Å². The van der Waals surface area contributed by atoms with Crippen molar-refractivity contribution in [2.24, 2.45) is 0 Å². The van der Waals surface area contributed by atoms with Crippen molar-refractivity contribution < 1.29 is 23.1 Å². The minimum atomic E-state index is -0.382. The smallest absolute Gasteiger partial charge is 0.249 e. The summed E-state index contributed by atoms with van der Waals surface area (Å²) in [6.07, 6.45) is 2.97. The lowest BCUT2D eigenvalue weighted by molar-refractivity contribution is -0.143. The number of amides is 2. The lowest BCUT2D eigenvalue weighted by atomic mass is 10.1. The van der Waals surface area contributed by atoms with E-state index in [4.69, 9.17) is 9.15 Å². The van der Waals surface area contributed by atoms with E-state index in [1.165, 1.54) is 35.3 Å². The molecule has 1 aromatic heterocycles. The quantitative estimate of drug-likeness (QED) is 0.428. The monoisotopic (exact) mass is 468 g/mol. The van der Waals surface area contributed by atoms with Crippen LogP contribution in [0, 0.1) is 5.82 Å². The highest BCUT2D eigenvalue weighted by molar-refractivity contribution is 5.85. The maximum atomic E-state index is 13.4. The van der Waals surface area contributed by atoms with E-state index in [1.807, 2.05) is 6.92 Å². The molecule has 2 aromatic carbocycles. The molecule has 0 fully saturated rings. The first-order valence-electron chi connectivity index (χ1n) is 11.2. The predicted octanol–water partition coefficient (Wildman–Crippen LogP) is 3.74. The Morgan fingerprint density at radius 1 is 1.00 bits per heavy atom. The number of unbranched alkanes of at least 4 members (excludes halogenated alkanes) is 1. The van der Waals surface area contributed by atoms with Crippen LogP contribution in [-0.2, 0) is 27.4 Å². The van der Waals surface area contributed by atoms with Gasteiger partial charge in [0.25, 0.3) is 0 Å². The van der Waals surface area contributed by atoms with Crippen LogP contribution in [0.2, 0.25) is 0 Å². The maximum absolute atomic E-state index is 13.4. The summed E-state index contributed by atoms with van der Waals surface area (Å²) in [6, 6.07) is 12.7. The molecule has 0 radical (unpaired) electrons. The summed E-state index contributed by atoms with van der Waals surface area (Å²) >= 11 is 0. The summed E-state index contributed by atoms with van der Waals surface area (Å²) < 4.78 is 24.0. The number of halogens is 1. The lowest BCUT2D eigenvalue weighted by Gasteiger charge is -2.27. The number of nitrogens with zero attached hydrogens (tertiary/aromatic N) is 2. The van der Waals surface area contributed by atoms with Crippen LogP contribution < -0.4 is 5.43 Å². The minimum absolute atomic E-state index is 0.0105. The summed E-state index contributed by atoms with van der Waals surface area (Å²) in [5, 5.41) is 0.425. The Balaban J connectivity index is 1.88. The first-order chi connectivity index (χ1) is 16.4. The summed E-state index contributed by atoms with van der Waals surface area (Å²) in [5.41, 5.74) is 1.25. The van der Waals surface area contributed by atoms with E-state index >= 15 is 0 Å². The zero-order chi connectivity index (χ0) is 24.5. The van der Waals surface area contributed by atoms with E-state index in [0.29, 0.717) is 28.6 Å². The van der Waals surface area contributed by atoms with Crippen LogP contribution in [0.15, 0.2) is 64.0 Å². The molecular weight excluding hydrogens is 439 g/mol. The normalized spacial score (nSPS) is 10.9. The number of fused-ring (bicyclic) bond motifs is 1. The average Bonchev–Trinajstić information content (AvgIpc) is 2.84. The summed E-state index contributed by atoms with van der Waals surface area (Å²) in [5.74, 6) is -0.999. The van der Waals surface area contributed by atoms with Crippen molar-refractivity contribution in [2.45, 2.75) is 32.9 Å².